The fourth-order valence-corrected chi connectivity index (χ4v) is 1.97. The number of hydrogen-bond donors (Lipinski definition) is 2. The molecular formula is C11H17N5O2. The van der Waals surface area contributed by atoms with Gasteiger partial charge in [0, 0.05) is 32.5 Å². The fourth-order valence-electron chi connectivity index (χ4n) is 1.97. The summed E-state index contributed by atoms with van der Waals surface area (Å²) < 4.78 is 2.07. The summed E-state index contributed by atoms with van der Waals surface area (Å²) in [7, 11) is 1.48. The lowest BCUT2D eigenvalue weighted by molar-refractivity contribution is -0.125. The molecule has 18 heavy (non-hydrogen) atoms. The summed E-state index contributed by atoms with van der Waals surface area (Å²) in [5.41, 5.74) is 0. The minimum absolute atomic E-state index is 0.297. The van der Waals surface area contributed by atoms with Crippen LogP contribution in [0.2, 0.25) is 0 Å². The molecule has 0 saturated carbocycles. The van der Waals surface area contributed by atoms with Crippen LogP contribution in [0.15, 0.2) is 12.4 Å². The van der Waals surface area contributed by atoms with Gasteiger partial charge >= 0.3 is 6.03 Å². The van der Waals surface area contributed by atoms with E-state index in [1.807, 2.05) is 11.1 Å². The number of carbonyl (C=O) groups is 2. The van der Waals surface area contributed by atoms with E-state index in [2.05, 4.69) is 20.2 Å². The van der Waals surface area contributed by atoms with Crippen molar-refractivity contribution in [3.8, 4) is 0 Å². The van der Waals surface area contributed by atoms with Crippen LogP contribution in [0.5, 0.6) is 0 Å². The number of imide groups is 1. The number of hydrogen-bond acceptors (Lipinski definition) is 4. The Balaban J connectivity index is 1.96. The molecule has 1 atom stereocenters. The Bertz CT molecular complexity index is 456. The van der Waals surface area contributed by atoms with Crippen LogP contribution in [-0.4, -0.2) is 46.0 Å². The van der Waals surface area contributed by atoms with Crippen molar-refractivity contribution < 1.29 is 9.59 Å². The molecule has 1 aliphatic heterocycles. The molecule has 1 aromatic rings. The molecule has 1 aromatic heterocycles. The van der Waals surface area contributed by atoms with Gasteiger partial charge in [0.05, 0.1) is 12.6 Å². The summed E-state index contributed by atoms with van der Waals surface area (Å²) in [5, 5.41) is 4.65. The predicted molar refractivity (Wildman–Crippen MR) is 64.7 cm³/mol. The molecule has 0 aliphatic carbocycles. The van der Waals surface area contributed by atoms with Crippen molar-refractivity contribution in [1.82, 2.24) is 25.1 Å². The van der Waals surface area contributed by atoms with E-state index in [-0.39, 0.29) is 11.9 Å². The molecule has 0 aromatic carbocycles. The zero-order valence-electron chi connectivity index (χ0n) is 10.5. The van der Waals surface area contributed by atoms with Gasteiger partial charge in [-0.1, -0.05) is 0 Å². The first-order valence-electron chi connectivity index (χ1n) is 5.88. The van der Waals surface area contributed by atoms with Gasteiger partial charge in [-0.2, -0.15) is 0 Å². The van der Waals surface area contributed by atoms with Crippen molar-refractivity contribution in [2.24, 2.45) is 0 Å². The van der Waals surface area contributed by atoms with Gasteiger partial charge in [-0.15, -0.1) is 0 Å². The molecule has 2 heterocycles. The van der Waals surface area contributed by atoms with Crippen LogP contribution in [-0.2, 0) is 17.9 Å². The van der Waals surface area contributed by atoms with Crippen molar-refractivity contribution in [3.05, 3.63) is 18.2 Å². The van der Waals surface area contributed by atoms with Crippen LogP contribution < -0.4 is 10.6 Å². The van der Waals surface area contributed by atoms with E-state index in [1.165, 1.54) is 7.05 Å². The Morgan fingerprint density at radius 2 is 2.22 bits per heavy atom. The number of rotatable bonds is 2. The first kappa shape index (κ1) is 12.6. The van der Waals surface area contributed by atoms with E-state index in [9.17, 15) is 9.59 Å². The van der Waals surface area contributed by atoms with Crippen LogP contribution in [0.25, 0.3) is 0 Å². The van der Waals surface area contributed by atoms with Gasteiger partial charge in [-0.25, -0.2) is 9.78 Å². The summed E-state index contributed by atoms with van der Waals surface area (Å²) in [6.07, 6.45) is 3.69. The van der Waals surface area contributed by atoms with Crippen molar-refractivity contribution in [1.29, 1.82) is 0 Å². The van der Waals surface area contributed by atoms with Gasteiger partial charge in [0.2, 0.25) is 5.91 Å². The first-order chi connectivity index (χ1) is 8.61. The average Bonchev–Trinajstić information content (AvgIpc) is 2.84. The Kier molecular flexibility index (Phi) is 3.61. The van der Waals surface area contributed by atoms with Crippen molar-refractivity contribution in [2.75, 3.05) is 13.6 Å². The normalized spacial score (nSPS) is 16.8. The number of amides is 3. The second kappa shape index (κ2) is 5.18. The molecule has 7 heteroatoms. The maximum Gasteiger partial charge on any atom is 0.321 e. The molecule has 0 bridgehead atoms. The van der Waals surface area contributed by atoms with Crippen LogP contribution >= 0.6 is 0 Å². The molecule has 2 rings (SSSR count). The van der Waals surface area contributed by atoms with Crippen LogP contribution in [0.4, 0.5) is 4.79 Å². The topological polar surface area (TPSA) is 79.3 Å². The summed E-state index contributed by atoms with van der Waals surface area (Å²) in [4.78, 5) is 29.1. The Morgan fingerprint density at radius 3 is 2.94 bits per heavy atom. The number of carbonyl (C=O) groups excluding carboxylic acids is 2. The lowest BCUT2D eigenvalue weighted by Gasteiger charge is -2.31. The third-order valence-electron chi connectivity index (χ3n) is 3.17. The standard InChI is InChI=1S/C11H17N5O2/c1-8(10(17)14-11(18)12-2)16-6-5-15-4-3-13-9(15)7-16/h3-4,8H,5-7H2,1-2H3,(H2,12,14,17,18)/t8-/m0/s1. The van der Waals surface area contributed by atoms with E-state index in [0.717, 1.165) is 18.9 Å². The molecule has 98 valence electrons. The molecule has 7 nitrogen and oxygen atoms in total. The Hall–Kier alpha value is -1.89. The monoisotopic (exact) mass is 251 g/mol. The maximum atomic E-state index is 11.8. The van der Waals surface area contributed by atoms with Crippen LogP contribution in [0, 0.1) is 0 Å². The molecule has 2 N–H and O–H groups in total. The second-order valence-corrected chi connectivity index (χ2v) is 4.25. The largest absolute Gasteiger partial charge is 0.341 e. The molecule has 1 aliphatic rings. The quantitative estimate of drug-likeness (QED) is 0.745. The summed E-state index contributed by atoms with van der Waals surface area (Å²) in [6.45, 7) is 3.99. The molecule has 0 radical (unpaired) electrons. The van der Waals surface area contributed by atoms with Gasteiger partial charge in [-0.05, 0) is 6.92 Å². The molecule has 0 fully saturated rings. The molecule has 0 saturated heterocycles. The highest BCUT2D eigenvalue weighted by Gasteiger charge is 2.26. The number of imidazole rings is 1. The Labute approximate surface area is 105 Å². The summed E-state index contributed by atoms with van der Waals surface area (Å²) in [6, 6.07) is -0.835. The van der Waals surface area contributed by atoms with Gasteiger partial charge < -0.3 is 9.88 Å². The number of aromatic nitrogens is 2. The zero-order chi connectivity index (χ0) is 13.1. The van der Waals surface area contributed by atoms with E-state index >= 15 is 0 Å². The first-order valence-corrected chi connectivity index (χ1v) is 5.88. The van der Waals surface area contributed by atoms with Crippen molar-refractivity contribution in [3.63, 3.8) is 0 Å². The minimum Gasteiger partial charge on any atom is -0.341 e. The summed E-state index contributed by atoms with van der Waals surface area (Å²) in [5.74, 6) is 0.648. The molecule has 3 amide bonds. The molecule has 0 spiro atoms. The van der Waals surface area contributed by atoms with Crippen LogP contribution in [0.1, 0.15) is 12.7 Å². The third kappa shape index (κ3) is 2.51. The van der Waals surface area contributed by atoms with Gasteiger partial charge in [-0.3, -0.25) is 15.0 Å². The fraction of sp³-hybridized carbons (Fsp3) is 0.545. The lowest BCUT2D eigenvalue weighted by Crippen LogP contribution is -2.50. The van der Waals surface area contributed by atoms with Crippen LogP contribution in [0.3, 0.4) is 0 Å². The average molecular weight is 251 g/mol. The number of urea groups is 1. The van der Waals surface area contributed by atoms with E-state index in [4.69, 9.17) is 0 Å². The zero-order valence-corrected chi connectivity index (χ0v) is 10.5. The summed E-state index contributed by atoms with van der Waals surface area (Å²) >= 11 is 0. The van der Waals surface area contributed by atoms with Gasteiger partial charge in [0.1, 0.15) is 5.82 Å². The number of nitrogens with zero attached hydrogens (tertiary/aromatic N) is 3. The highest BCUT2D eigenvalue weighted by molar-refractivity contribution is 5.96. The maximum absolute atomic E-state index is 11.8. The van der Waals surface area contributed by atoms with Crippen molar-refractivity contribution in [2.45, 2.75) is 26.1 Å². The second-order valence-electron chi connectivity index (χ2n) is 4.25. The van der Waals surface area contributed by atoms with Gasteiger partial charge in [0.15, 0.2) is 0 Å². The Morgan fingerprint density at radius 1 is 1.44 bits per heavy atom. The smallest absolute Gasteiger partial charge is 0.321 e. The van der Waals surface area contributed by atoms with E-state index in [0.29, 0.717) is 6.54 Å². The molecule has 0 unspecified atom stereocenters. The van der Waals surface area contributed by atoms with Crippen molar-refractivity contribution >= 4 is 11.9 Å². The molecular weight excluding hydrogens is 234 g/mol. The third-order valence-corrected chi connectivity index (χ3v) is 3.17. The van der Waals surface area contributed by atoms with Gasteiger partial charge in [0.25, 0.3) is 0 Å². The lowest BCUT2D eigenvalue weighted by atomic mass is 10.2. The predicted octanol–water partition coefficient (Wildman–Crippen LogP) is -0.457. The highest BCUT2D eigenvalue weighted by Crippen LogP contribution is 2.13. The minimum atomic E-state index is -0.481. The van der Waals surface area contributed by atoms with E-state index in [1.54, 1.807) is 13.1 Å². The van der Waals surface area contributed by atoms with E-state index < -0.39 is 6.03 Å². The highest BCUT2D eigenvalue weighted by atomic mass is 16.2. The SMILES string of the molecule is CNC(=O)NC(=O)[C@H](C)N1CCn2ccnc2C1. The number of fused-ring (bicyclic) bond motifs is 1. The number of nitrogens with one attached hydrogen (secondary N) is 2.